The molecular weight excluding hydrogens is 348 g/mol. The van der Waals surface area contributed by atoms with Crippen LogP contribution in [0.5, 0.6) is 0 Å². The quantitative estimate of drug-likeness (QED) is 0.500. The highest BCUT2D eigenvalue weighted by molar-refractivity contribution is 5.85. The lowest BCUT2D eigenvalue weighted by molar-refractivity contribution is -0.119. The number of hydrogen-bond acceptors (Lipinski definition) is 3. The fourth-order valence-corrected chi connectivity index (χ4v) is 3.14. The van der Waals surface area contributed by atoms with E-state index in [2.05, 4.69) is 59.4 Å². The van der Waals surface area contributed by atoms with Crippen molar-refractivity contribution in [2.45, 2.75) is 27.7 Å². The summed E-state index contributed by atoms with van der Waals surface area (Å²) in [7, 11) is 0. The Morgan fingerprint density at radius 1 is 1.00 bits per heavy atom. The van der Waals surface area contributed by atoms with Crippen LogP contribution in [-0.4, -0.2) is 23.2 Å². The van der Waals surface area contributed by atoms with Crippen LogP contribution in [-0.2, 0) is 4.79 Å². The Hall–Kier alpha value is -3.34. The van der Waals surface area contributed by atoms with E-state index in [-0.39, 0.29) is 12.5 Å². The summed E-state index contributed by atoms with van der Waals surface area (Å²) in [6.45, 7) is 8.39. The van der Waals surface area contributed by atoms with Crippen molar-refractivity contribution in [3.8, 4) is 5.69 Å². The number of nitrogens with zero attached hydrogens (tertiary/aromatic N) is 2. The van der Waals surface area contributed by atoms with Gasteiger partial charge in [-0.05, 0) is 69.2 Å². The molecule has 1 aromatic heterocycles. The number of carbonyl (C=O) groups excluding carboxylic acids is 1. The van der Waals surface area contributed by atoms with Gasteiger partial charge < -0.3 is 9.88 Å². The number of aryl methyl sites for hydroxylation is 3. The Labute approximate surface area is 166 Å². The molecule has 0 bridgehead atoms. The first-order valence-electron chi connectivity index (χ1n) is 9.33. The molecule has 2 aromatic carbocycles. The van der Waals surface area contributed by atoms with Gasteiger partial charge in [-0.3, -0.25) is 4.79 Å². The second-order valence-electron chi connectivity index (χ2n) is 6.94. The van der Waals surface area contributed by atoms with Crippen molar-refractivity contribution in [2.24, 2.45) is 5.10 Å². The summed E-state index contributed by atoms with van der Waals surface area (Å²) >= 11 is 0. The Kier molecular flexibility index (Phi) is 5.94. The highest BCUT2D eigenvalue weighted by Gasteiger charge is 2.09. The summed E-state index contributed by atoms with van der Waals surface area (Å²) in [6.07, 6.45) is 1.69. The molecule has 0 radical (unpaired) electrons. The van der Waals surface area contributed by atoms with Crippen molar-refractivity contribution >= 4 is 17.8 Å². The number of amides is 1. The van der Waals surface area contributed by atoms with Crippen LogP contribution >= 0.6 is 0 Å². The normalized spacial score (nSPS) is 11.0. The molecule has 1 heterocycles. The van der Waals surface area contributed by atoms with Gasteiger partial charge in [0.1, 0.15) is 0 Å². The summed E-state index contributed by atoms with van der Waals surface area (Å²) < 4.78 is 2.17. The molecule has 5 heteroatoms. The molecule has 28 heavy (non-hydrogen) atoms. The molecular formula is C23H26N4O. The average Bonchev–Trinajstić information content (AvgIpc) is 2.97. The first-order valence-corrected chi connectivity index (χ1v) is 9.33. The van der Waals surface area contributed by atoms with Crippen molar-refractivity contribution in [2.75, 3.05) is 11.9 Å². The number of aromatic nitrogens is 1. The highest BCUT2D eigenvalue weighted by atomic mass is 16.2. The predicted molar refractivity (Wildman–Crippen MR) is 115 cm³/mol. The maximum absolute atomic E-state index is 12.0. The summed E-state index contributed by atoms with van der Waals surface area (Å²) in [5.74, 6) is -0.189. The SMILES string of the molecule is Cc1ccc(NCC(=O)N/N=C\c2cc(C)n(-c3ccccc3)c2C)cc1C. The van der Waals surface area contributed by atoms with Crippen molar-refractivity contribution in [3.63, 3.8) is 0 Å². The van der Waals surface area contributed by atoms with E-state index in [1.807, 2.05) is 43.3 Å². The van der Waals surface area contributed by atoms with Crippen LogP contribution < -0.4 is 10.7 Å². The van der Waals surface area contributed by atoms with Crippen molar-refractivity contribution in [1.29, 1.82) is 0 Å². The number of hydrogen-bond donors (Lipinski definition) is 2. The van der Waals surface area contributed by atoms with Crippen LogP contribution in [0.1, 0.15) is 28.1 Å². The second kappa shape index (κ2) is 8.57. The zero-order valence-corrected chi connectivity index (χ0v) is 16.8. The van der Waals surface area contributed by atoms with Gasteiger partial charge in [0.25, 0.3) is 5.91 Å². The highest BCUT2D eigenvalue weighted by Crippen LogP contribution is 2.19. The van der Waals surface area contributed by atoms with Gasteiger partial charge in [0.05, 0.1) is 12.8 Å². The fourth-order valence-electron chi connectivity index (χ4n) is 3.14. The zero-order chi connectivity index (χ0) is 20.1. The molecule has 3 aromatic rings. The fraction of sp³-hybridized carbons (Fsp3) is 0.217. The molecule has 0 atom stereocenters. The third kappa shape index (κ3) is 4.49. The zero-order valence-electron chi connectivity index (χ0n) is 16.8. The molecule has 2 N–H and O–H groups in total. The number of anilines is 1. The average molecular weight is 374 g/mol. The van der Waals surface area contributed by atoms with Gasteiger partial charge in [0, 0.05) is 28.3 Å². The molecule has 0 spiro atoms. The maximum Gasteiger partial charge on any atom is 0.259 e. The first kappa shape index (κ1) is 19.4. The Balaban J connectivity index is 1.60. The van der Waals surface area contributed by atoms with Gasteiger partial charge in [-0.25, -0.2) is 5.43 Å². The minimum Gasteiger partial charge on any atom is -0.376 e. The Morgan fingerprint density at radius 2 is 1.75 bits per heavy atom. The van der Waals surface area contributed by atoms with Gasteiger partial charge in [-0.15, -0.1) is 0 Å². The molecule has 0 saturated carbocycles. The summed E-state index contributed by atoms with van der Waals surface area (Å²) in [5, 5.41) is 7.23. The van der Waals surface area contributed by atoms with E-state index in [4.69, 9.17) is 0 Å². The second-order valence-corrected chi connectivity index (χ2v) is 6.94. The molecule has 1 amide bonds. The lowest BCUT2D eigenvalue weighted by Crippen LogP contribution is -2.25. The standard InChI is InChI=1S/C23H26N4O/c1-16-10-11-21(12-17(16)2)24-15-23(28)26-25-14-20-13-18(3)27(19(20)4)22-8-6-5-7-9-22/h5-14,24H,15H2,1-4H3,(H,26,28)/b25-14-. The maximum atomic E-state index is 12.0. The summed E-state index contributed by atoms with van der Waals surface area (Å²) in [4.78, 5) is 12.0. The first-order chi connectivity index (χ1) is 13.5. The number of carbonyl (C=O) groups is 1. The number of nitrogens with one attached hydrogen (secondary N) is 2. The van der Waals surface area contributed by atoms with E-state index >= 15 is 0 Å². The third-order valence-corrected chi connectivity index (χ3v) is 4.84. The van der Waals surface area contributed by atoms with Crippen LogP contribution in [0.25, 0.3) is 5.69 Å². The predicted octanol–water partition coefficient (Wildman–Crippen LogP) is 4.27. The van der Waals surface area contributed by atoms with Crippen molar-refractivity contribution < 1.29 is 4.79 Å². The Bertz CT molecular complexity index is 1000. The number of benzene rings is 2. The van der Waals surface area contributed by atoms with Gasteiger partial charge in [-0.2, -0.15) is 5.10 Å². The van der Waals surface area contributed by atoms with Gasteiger partial charge in [-0.1, -0.05) is 24.3 Å². The van der Waals surface area contributed by atoms with E-state index < -0.39 is 0 Å². The monoisotopic (exact) mass is 374 g/mol. The smallest absolute Gasteiger partial charge is 0.259 e. The molecule has 0 fully saturated rings. The molecule has 5 nitrogen and oxygen atoms in total. The topological polar surface area (TPSA) is 58.4 Å². The number of hydrazone groups is 1. The summed E-state index contributed by atoms with van der Waals surface area (Å²) in [6, 6.07) is 18.3. The summed E-state index contributed by atoms with van der Waals surface area (Å²) in [5.41, 5.74) is 10.2. The molecule has 0 aliphatic heterocycles. The largest absolute Gasteiger partial charge is 0.376 e. The van der Waals surface area contributed by atoms with E-state index in [1.54, 1.807) is 6.21 Å². The molecule has 3 rings (SSSR count). The van der Waals surface area contributed by atoms with Gasteiger partial charge in [0.2, 0.25) is 0 Å². The van der Waals surface area contributed by atoms with Crippen LogP contribution in [0.3, 0.4) is 0 Å². The molecule has 0 unspecified atom stereocenters. The lowest BCUT2D eigenvalue weighted by atomic mass is 10.1. The molecule has 144 valence electrons. The molecule has 0 aliphatic rings. The third-order valence-electron chi connectivity index (χ3n) is 4.84. The minimum absolute atomic E-state index is 0.170. The van der Waals surface area contributed by atoms with Crippen LogP contribution in [0.15, 0.2) is 59.7 Å². The van der Waals surface area contributed by atoms with Gasteiger partial charge in [0.15, 0.2) is 0 Å². The number of rotatable bonds is 6. The molecule has 0 aliphatic carbocycles. The number of para-hydroxylation sites is 1. The van der Waals surface area contributed by atoms with Crippen molar-refractivity contribution in [3.05, 3.63) is 82.7 Å². The van der Waals surface area contributed by atoms with Crippen LogP contribution in [0, 0.1) is 27.7 Å². The Morgan fingerprint density at radius 3 is 2.46 bits per heavy atom. The van der Waals surface area contributed by atoms with Crippen LogP contribution in [0.4, 0.5) is 5.69 Å². The minimum atomic E-state index is -0.189. The lowest BCUT2D eigenvalue weighted by Gasteiger charge is -2.09. The van der Waals surface area contributed by atoms with Crippen molar-refractivity contribution in [1.82, 2.24) is 9.99 Å². The van der Waals surface area contributed by atoms with E-state index in [1.165, 1.54) is 11.1 Å². The van der Waals surface area contributed by atoms with Crippen LogP contribution in [0.2, 0.25) is 0 Å². The van der Waals surface area contributed by atoms with E-state index in [9.17, 15) is 4.79 Å². The van der Waals surface area contributed by atoms with Gasteiger partial charge >= 0.3 is 0 Å². The van der Waals surface area contributed by atoms with E-state index in [0.717, 1.165) is 28.3 Å². The molecule has 0 saturated heterocycles. The van der Waals surface area contributed by atoms with E-state index in [0.29, 0.717) is 0 Å².